The van der Waals surface area contributed by atoms with Crippen molar-refractivity contribution in [2.24, 2.45) is 16.2 Å². The van der Waals surface area contributed by atoms with Crippen LogP contribution < -0.4 is 0 Å². The second-order valence-electron chi connectivity index (χ2n) is 6.26. The Morgan fingerprint density at radius 3 is 1.39 bits per heavy atom. The second-order valence-corrected chi connectivity index (χ2v) is 6.26. The number of carboxylic acids is 2. The molecular formula is C14H26O4. The molecule has 0 fully saturated rings. The van der Waals surface area contributed by atoms with Crippen LogP contribution in [-0.2, 0) is 9.59 Å². The highest BCUT2D eigenvalue weighted by Gasteiger charge is 2.59. The molecule has 2 N–H and O–H groups in total. The highest BCUT2D eigenvalue weighted by Crippen LogP contribution is 2.57. The molecule has 0 aliphatic carbocycles. The smallest absolute Gasteiger partial charge is 0.311 e. The molecule has 0 aromatic rings. The molecule has 0 bridgehead atoms. The number of carboxylic acid groups (broad SMARTS) is 2. The molecule has 106 valence electrons. The molecule has 0 saturated heterocycles. The summed E-state index contributed by atoms with van der Waals surface area (Å²) >= 11 is 0. The summed E-state index contributed by atoms with van der Waals surface area (Å²) in [6.07, 6.45) is 0.899. The minimum absolute atomic E-state index is 0.343. The van der Waals surface area contributed by atoms with Crippen LogP contribution in [0.2, 0.25) is 0 Å². The van der Waals surface area contributed by atoms with Gasteiger partial charge in [-0.15, -0.1) is 0 Å². The van der Waals surface area contributed by atoms with Crippen LogP contribution in [0.5, 0.6) is 0 Å². The fourth-order valence-corrected chi connectivity index (χ4v) is 2.88. The van der Waals surface area contributed by atoms with E-state index in [1.807, 2.05) is 41.5 Å². The Labute approximate surface area is 109 Å². The number of rotatable bonds is 7. The first-order chi connectivity index (χ1) is 7.98. The van der Waals surface area contributed by atoms with Crippen LogP contribution in [0, 0.1) is 16.2 Å². The number of carbonyl (C=O) groups is 2. The van der Waals surface area contributed by atoms with Gasteiger partial charge in [-0.05, 0) is 23.7 Å². The van der Waals surface area contributed by atoms with Gasteiger partial charge in [0.25, 0.3) is 0 Å². The highest BCUT2D eigenvalue weighted by atomic mass is 16.4. The van der Waals surface area contributed by atoms with Gasteiger partial charge in [0.2, 0.25) is 0 Å². The predicted octanol–water partition coefficient (Wildman–Crippen LogP) is 3.40. The molecule has 0 rings (SSSR count). The van der Waals surface area contributed by atoms with Gasteiger partial charge in [-0.25, -0.2) is 0 Å². The largest absolute Gasteiger partial charge is 0.481 e. The van der Waals surface area contributed by atoms with Gasteiger partial charge in [0.05, 0.1) is 11.8 Å². The summed E-state index contributed by atoms with van der Waals surface area (Å²) < 4.78 is 0. The van der Waals surface area contributed by atoms with E-state index in [4.69, 9.17) is 5.11 Å². The summed E-state index contributed by atoms with van der Waals surface area (Å²) in [6, 6.07) is 0. The molecule has 0 radical (unpaired) electrons. The van der Waals surface area contributed by atoms with Crippen molar-refractivity contribution >= 4 is 11.9 Å². The zero-order valence-corrected chi connectivity index (χ0v) is 12.3. The summed E-state index contributed by atoms with van der Waals surface area (Å²) in [7, 11) is 0. The van der Waals surface area contributed by atoms with Gasteiger partial charge >= 0.3 is 11.9 Å². The monoisotopic (exact) mass is 258 g/mol. The first-order valence-corrected chi connectivity index (χ1v) is 6.43. The van der Waals surface area contributed by atoms with E-state index in [1.54, 1.807) is 0 Å². The molecule has 0 aliphatic rings. The van der Waals surface area contributed by atoms with Crippen molar-refractivity contribution < 1.29 is 19.8 Å². The van der Waals surface area contributed by atoms with Crippen LogP contribution in [0.25, 0.3) is 0 Å². The Bertz CT molecular complexity index is 313. The Morgan fingerprint density at radius 1 is 0.889 bits per heavy atom. The second kappa shape index (κ2) is 5.29. The maximum absolute atomic E-state index is 11.9. The molecule has 0 aromatic carbocycles. The minimum Gasteiger partial charge on any atom is -0.481 e. The van der Waals surface area contributed by atoms with E-state index in [0.29, 0.717) is 12.8 Å². The zero-order valence-electron chi connectivity index (χ0n) is 12.3. The molecule has 18 heavy (non-hydrogen) atoms. The predicted molar refractivity (Wildman–Crippen MR) is 70.5 cm³/mol. The van der Waals surface area contributed by atoms with E-state index in [1.165, 1.54) is 0 Å². The highest BCUT2D eigenvalue weighted by molar-refractivity contribution is 5.83. The number of hydrogen-bond acceptors (Lipinski definition) is 2. The van der Waals surface area contributed by atoms with E-state index >= 15 is 0 Å². The maximum Gasteiger partial charge on any atom is 0.311 e. The molecule has 4 heteroatoms. The average Bonchev–Trinajstić information content (AvgIpc) is 2.24. The van der Waals surface area contributed by atoms with Gasteiger partial charge in [-0.1, -0.05) is 41.5 Å². The van der Waals surface area contributed by atoms with Gasteiger partial charge in [0.15, 0.2) is 0 Å². The van der Waals surface area contributed by atoms with Crippen molar-refractivity contribution in [2.75, 3.05) is 0 Å². The Hall–Kier alpha value is -1.06. The molecular weight excluding hydrogens is 232 g/mol. The molecule has 0 atom stereocenters. The third-order valence-electron chi connectivity index (χ3n) is 4.86. The third-order valence-corrected chi connectivity index (χ3v) is 4.86. The lowest BCUT2D eigenvalue weighted by Crippen LogP contribution is -2.55. The first kappa shape index (κ1) is 16.9. The minimum atomic E-state index is -1.27. The third kappa shape index (κ3) is 2.52. The lowest BCUT2D eigenvalue weighted by Gasteiger charge is -2.52. The van der Waals surface area contributed by atoms with E-state index in [9.17, 15) is 14.7 Å². The lowest BCUT2D eigenvalue weighted by atomic mass is 9.50. The van der Waals surface area contributed by atoms with Crippen LogP contribution in [0.1, 0.15) is 60.8 Å². The van der Waals surface area contributed by atoms with Crippen LogP contribution >= 0.6 is 0 Å². The summed E-state index contributed by atoms with van der Waals surface area (Å²) in [6.45, 7) is 11.2. The molecule has 0 aromatic heterocycles. The van der Waals surface area contributed by atoms with Gasteiger partial charge in [0.1, 0.15) is 0 Å². The fourth-order valence-electron chi connectivity index (χ4n) is 2.88. The van der Waals surface area contributed by atoms with Crippen molar-refractivity contribution in [3.05, 3.63) is 0 Å². The van der Waals surface area contributed by atoms with Gasteiger partial charge < -0.3 is 10.2 Å². The molecule has 0 aliphatic heterocycles. The van der Waals surface area contributed by atoms with E-state index in [2.05, 4.69) is 0 Å². The molecule has 0 spiro atoms. The topological polar surface area (TPSA) is 74.6 Å². The normalized spacial score (nSPS) is 13.4. The summed E-state index contributed by atoms with van der Waals surface area (Å²) in [5.74, 6) is -2.07. The Morgan fingerprint density at radius 2 is 1.22 bits per heavy atom. The van der Waals surface area contributed by atoms with E-state index in [0.717, 1.165) is 0 Å². The van der Waals surface area contributed by atoms with Crippen LogP contribution in [0.4, 0.5) is 0 Å². The Kier molecular flexibility index (Phi) is 4.98. The first-order valence-electron chi connectivity index (χ1n) is 6.43. The molecule has 0 heterocycles. The van der Waals surface area contributed by atoms with Crippen LogP contribution in [0.3, 0.4) is 0 Å². The number of aliphatic carboxylic acids is 2. The molecule has 4 nitrogen and oxygen atoms in total. The van der Waals surface area contributed by atoms with Crippen LogP contribution in [-0.4, -0.2) is 22.2 Å². The summed E-state index contributed by atoms with van der Waals surface area (Å²) in [4.78, 5) is 23.1. The lowest BCUT2D eigenvalue weighted by molar-refractivity contribution is -0.179. The summed E-state index contributed by atoms with van der Waals surface area (Å²) in [5, 5.41) is 18.9. The van der Waals surface area contributed by atoms with Crippen molar-refractivity contribution in [2.45, 2.75) is 60.8 Å². The van der Waals surface area contributed by atoms with Crippen molar-refractivity contribution in [1.82, 2.24) is 0 Å². The molecule has 0 saturated carbocycles. The van der Waals surface area contributed by atoms with Gasteiger partial charge in [-0.2, -0.15) is 0 Å². The Balaban J connectivity index is 6.07. The van der Waals surface area contributed by atoms with Gasteiger partial charge in [-0.3, -0.25) is 9.59 Å². The molecule has 0 amide bonds. The SMILES string of the molecule is CCC(C)(C)C(CC(=O)O)(C(=O)O)C(C)(C)CC. The van der Waals surface area contributed by atoms with Crippen LogP contribution in [0.15, 0.2) is 0 Å². The van der Waals surface area contributed by atoms with E-state index in [-0.39, 0.29) is 6.42 Å². The average molecular weight is 258 g/mol. The van der Waals surface area contributed by atoms with Crippen molar-refractivity contribution in [1.29, 1.82) is 0 Å². The van der Waals surface area contributed by atoms with Crippen molar-refractivity contribution in [3.63, 3.8) is 0 Å². The standard InChI is InChI=1S/C14H26O4/c1-7-12(3,4)14(11(17)18,9-10(15)16)13(5,6)8-2/h7-9H2,1-6H3,(H,15,16)(H,17,18). The fraction of sp³-hybridized carbons (Fsp3) is 0.857. The quantitative estimate of drug-likeness (QED) is 0.734. The number of hydrogen-bond donors (Lipinski definition) is 2. The van der Waals surface area contributed by atoms with E-state index < -0.39 is 28.2 Å². The zero-order chi connectivity index (χ0) is 14.8. The summed E-state index contributed by atoms with van der Waals surface area (Å²) in [5.41, 5.74) is -2.44. The molecule has 0 unspecified atom stereocenters. The maximum atomic E-state index is 11.9. The van der Waals surface area contributed by atoms with Gasteiger partial charge in [0, 0.05) is 0 Å². The van der Waals surface area contributed by atoms with Crippen molar-refractivity contribution in [3.8, 4) is 0 Å².